The van der Waals surface area contributed by atoms with E-state index in [2.05, 4.69) is 22.9 Å². The number of alkyl halides is 1. The Kier molecular flexibility index (Phi) is 4.57. The van der Waals surface area contributed by atoms with Crippen LogP contribution in [0.15, 0.2) is 11.6 Å². The number of hydrogen-bond donors (Lipinski definition) is 2. The second kappa shape index (κ2) is 6.35. The molecule has 4 rings (SSSR count). The highest BCUT2D eigenvalue weighted by Crippen LogP contribution is 2.62. The highest BCUT2D eigenvalue weighted by Gasteiger charge is 2.61. The number of ether oxygens (including phenoxy) is 1. The molecule has 4 nitrogen and oxygen atoms in total. The Hall–Kier alpha value is -0.390. The molecule has 0 radical (unpaired) electrons. The third-order valence-corrected chi connectivity index (χ3v) is 8.48. The second-order valence-electron chi connectivity index (χ2n) is 8.95. The van der Waals surface area contributed by atoms with Crippen LogP contribution < -0.4 is 0 Å². The summed E-state index contributed by atoms with van der Waals surface area (Å²) in [6.45, 7) is 3.74. The predicted octanol–water partition coefficient (Wildman–Crippen LogP) is 3.20. The third-order valence-electron chi connectivity index (χ3n) is 7.63. The van der Waals surface area contributed by atoms with E-state index in [0.717, 1.165) is 38.5 Å². The van der Waals surface area contributed by atoms with E-state index in [1.165, 1.54) is 12.5 Å². The van der Waals surface area contributed by atoms with Gasteiger partial charge in [0.15, 0.2) is 0 Å². The minimum atomic E-state index is -0.443. The van der Waals surface area contributed by atoms with Crippen molar-refractivity contribution in [2.45, 2.75) is 75.5 Å². The van der Waals surface area contributed by atoms with Crippen LogP contribution in [0.25, 0.3) is 0 Å². The van der Waals surface area contributed by atoms with Crippen LogP contribution >= 0.6 is 15.9 Å². The van der Waals surface area contributed by atoms with E-state index in [4.69, 9.17) is 4.74 Å². The summed E-state index contributed by atoms with van der Waals surface area (Å²) in [5.74, 6) is 1.40. The average molecular weight is 413 g/mol. The second-order valence-corrected chi connectivity index (χ2v) is 10.1. The standard InChI is InChI=1S/C20H29BrO4/c1-10(22)25-19-16(21)9-15-18-14(5-6-20(15,19)2)13-4-3-12(23)7-11(13)8-17(18)24/h8,12-19,23-24H,3-7,9H2,1-2H3/t12-,13-,14?,15?,16+,17?,18?,19-,20-/m0/s1. The van der Waals surface area contributed by atoms with Gasteiger partial charge in [0.25, 0.3) is 0 Å². The number of aliphatic hydroxyl groups is 2. The lowest BCUT2D eigenvalue weighted by atomic mass is 9.52. The lowest BCUT2D eigenvalue weighted by Crippen LogP contribution is -2.52. The van der Waals surface area contributed by atoms with Crippen LogP contribution in [0.3, 0.4) is 0 Å². The molecule has 9 atom stereocenters. The maximum absolute atomic E-state index is 11.6. The molecule has 0 bridgehead atoms. The molecule has 0 aromatic rings. The van der Waals surface area contributed by atoms with Crippen LogP contribution in [0.5, 0.6) is 0 Å². The van der Waals surface area contributed by atoms with Gasteiger partial charge >= 0.3 is 5.97 Å². The van der Waals surface area contributed by atoms with Crippen molar-refractivity contribution < 1.29 is 19.7 Å². The Balaban J connectivity index is 1.65. The first-order valence-electron chi connectivity index (χ1n) is 9.69. The first-order valence-corrected chi connectivity index (χ1v) is 10.6. The molecular formula is C20H29BrO4. The van der Waals surface area contributed by atoms with Gasteiger partial charge in [-0.15, -0.1) is 0 Å². The fraction of sp³-hybridized carbons (Fsp3) is 0.850. The van der Waals surface area contributed by atoms with Crippen molar-refractivity contribution in [1.29, 1.82) is 0 Å². The summed E-state index contributed by atoms with van der Waals surface area (Å²) in [6.07, 6.45) is 6.95. The summed E-state index contributed by atoms with van der Waals surface area (Å²) in [7, 11) is 0. The highest BCUT2D eigenvalue weighted by atomic mass is 79.9. The highest BCUT2D eigenvalue weighted by molar-refractivity contribution is 9.09. The number of carbonyl (C=O) groups excluding carboxylic acids is 1. The van der Waals surface area contributed by atoms with Crippen molar-refractivity contribution in [1.82, 2.24) is 0 Å². The molecule has 3 saturated carbocycles. The number of halogens is 1. The molecule has 0 aromatic carbocycles. The molecule has 0 aromatic heterocycles. The molecule has 2 N–H and O–H groups in total. The monoisotopic (exact) mass is 412 g/mol. The zero-order valence-electron chi connectivity index (χ0n) is 15.0. The Labute approximate surface area is 158 Å². The Morgan fingerprint density at radius 1 is 1.32 bits per heavy atom. The number of fused-ring (bicyclic) bond motifs is 5. The van der Waals surface area contributed by atoms with Crippen LogP contribution in [0.4, 0.5) is 0 Å². The molecule has 4 aliphatic carbocycles. The number of esters is 1. The number of hydrogen-bond acceptors (Lipinski definition) is 4. The van der Waals surface area contributed by atoms with E-state index in [9.17, 15) is 15.0 Å². The van der Waals surface area contributed by atoms with E-state index < -0.39 is 6.10 Å². The lowest BCUT2D eigenvalue weighted by molar-refractivity contribution is -0.157. The molecule has 4 aliphatic rings. The molecular weight excluding hydrogens is 384 g/mol. The van der Waals surface area contributed by atoms with Gasteiger partial charge in [0.05, 0.1) is 17.0 Å². The minimum absolute atomic E-state index is 0.0679. The number of carbonyl (C=O) groups is 1. The first-order chi connectivity index (χ1) is 11.8. The predicted molar refractivity (Wildman–Crippen MR) is 98.1 cm³/mol. The Bertz CT molecular complexity index is 590. The maximum Gasteiger partial charge on any atom is 0.302 e. The van der Waals surface area contributed by atoms with Crippen molar-refractivity contribution in [2.24, 2.45) is 29.1 Å². The van der Waals surface area contributed by atoms with Gasteiger partial charge in [-0.05, 0) is 62.2 Å². The van der Waals surface area contributed by atoms with Crippen LogP contribution in [-0.4, -0.2) is 39.3 Å². The molecule has 0 amide bonds. The topological polar surface area (TPSA) is 66.8 Å². The number of aliphatic hydroxyl groups excluding tert-OH is 2. The van der Waals surface area contributed by atoms with Gasteiger partial charge in [-0.1, -0.05) is 34.5 Å². The summed E-state index contributed by atoms with van der Waals surface area (Å²) in [4.78, 5) is 11.8. The van der Waals surface area contributed by atoms with E-state index in [-0.39, 0.29) is 34.3 Å². The van der Waals surface area contributed by atoms with E-state index in [1.807, 2.05) is 6.08 Å². The molecule has 25 heavy (non-hydrogen) atoms. The summed E-state index contributed by atoms with van der Waals surface area (Å²) in [5, 5.41) is 21.0. The molecule has 5 heteroatoms. The molecule has 0 heterocycles. The molecule has 4 unspecified atom stereocenters. The summed E-state index contributed by atoms with van der Waals surface area (Å²) >= 11 is 3.76. The zero-order valence-corrected chi connectivity index (χ0v) is 16.6. The third kappa shape index (κ3) is 2.81. The molecule has 140 valence electrons. The van der Waals surface area contributed by atoms with Gasteiger partial charge in [0, 0.05) is 12.3 Å². The van der Waals surface area contributed by atoms with Crippen molar-refractivity contribution in [3.05, 3.63) is 11.6 Å². The van der Waals surface area contributed by atoms with Gasteiger partial charge in [-0.2, -0.15) is 0 Å². The van der Waals surface area contributed by atoms with Crippen LogP contribution in [0.2, 0.25) is 0 Å². The van der Waals surface area contributed by atoms with Crippen molar-refractivity contribution in [3.63, 3.8) is 0 Å². The molecule has 0 saturated heterocycles. The molecule has 0 spiro atoms. The zero-order chi connectivity index (χ0) is 17.9. The smallest absolute Gasteiger partial charge is 0.302 e. The average Bonchev–Trinajstić information content (AvgIpc) is 2.78. The summed E-state index contributed by atoms with van der Waals surface area (Å²) in [5.41, 5.74) is 1.21. The van der Waals surface area contributed by atoms with Crippen molar-refractivity contribution in [3.8, 4) is 0 Å². The van der Waals surface area contributed by atoms with Crippen LogP contribution in [0.1, 0.15) is 52.4 Å². The van der Waals surface area contributed by atoms with Gasteiger partial charge in [0.1, 0.15) is 6.10 Å². The molecule has 0 aliphatic heterocycles. The quantitative estimate of drug-likeness (QED) is 0.394. The first kappa shape index (κ1) is 18.0. The van der Waals surface area contributed by atoms with Gasteiger partial charge < -0.3 is 14.9 Å². The summed E-state index contributed by atoms with van der Waals surface area (Å²) < 4.78 is 5.72. The Morgan fingerprint density at radius 3 is 2.80 bits per heavy atom. The van der Waals surface area contributed by atoms with E-state index >= 15 is 0 Å². The lowest BCUT2D eigenvalue weighted by Gasteiger charge is -2.54. The van der Waals surface area contributed by atoms with Crippen LogP contribution in [0, 0.1) is 29.1 Å². The molecule has 3 fully saturated rings. The van der Waals surface area contributed by atoms with Crippen molar-refractivity contribution in [2.75, 3.05) is 0 Å². The van der Waals surface area contributed by atoms with Gasteiger partial charge in [-0.3, -0.25) is 4.79 Å². The fourth-order valence-corrected chi connectivity index (χ4v) is 7.71. The van der Waals surface area contributed by atoms with Crippen LogP contribution in [-0.2, 0) is 9.53 Å². The van der Waals surface area contributed by atoms with E-state index in [0.29, 0.717) is 17.8 Å². The maximum atomic E-state index is 11.6. The largest absolute Gasteiger partial charge is 0.461 e. The normalized spacial score (nSPS) is 51.8. The van der Waals surface area contributed by atoms with Gasteiger partial charge in [-0.25, -0.2) is 0 Å². The van der Waals surface area contributed by atoms with Crippen molar-refractivity contribution >= 4 is 21.9 Å². The fourth-order valence-electron chi connectivity index (χ4n) is 6.59. The van der Waals surface area contributed by atoms with Gasteiger partial charge in [0.2, 0.25) is 0 Å². The van der Waals surface area contributed by atoms with E-state index in [1.54, 1.807) is 0 Å². The number of rotatable bonds is 1. The Morgan fingerprint density at radius 2 is 2.08 bits per heavy atom. The summed E-state index contributed by atoms with van der Waals surface area (Å²) in [6, 6.07) is 0. The minimum Gasteiger partial charge on any atom is -0.461 e. The SMILES string of the molecule is CC(=O)O[C@H]1[C@H](Br)CC2C3C(O)C=C4C[C@@H](O)CC[C@@H]4C3CC[C@@]21C.